The maximum Gasteiger partial charge on any atom is 0.237 e. The Hall–Kier alpha value is -0.320. The third-order valence-corrected chi connectivity index (χ3v) is 2.91. The van der Waals surface area contributed by atoms with Crippen LogP contribution in [0.2, 0.25) is 0 Å². The van der Waals surface area contributed by atoms with Gasteiger partial charge in [-0.2, -0.15) is 0 Å². The normalized spacial score (nSPS) is 23.7. The van der Waals surface area contributed by atoms with E-state index in [4.69, 9.17) is 10.5 Å². The minimum atomic E-state index is -0.422. The number of ether oxygens (including phenoxy) is 1. The average molecular weight is 251 g/mol. The molecule has 1 aliphatic heterocycles. The minimum Gasteiger partial charge on any atom is -0.376 e. The molecule has 4 nitrogen and oxygen atoms in total. The van der Waals surface area contributed by atoms with E-state index in [0.717, 1.165) is 19.4 Å². The average Bonchev–Trinajstić information content (AvgIpc) is 2.68. The number of hydrogen-bond acceptors (Lipinski definition) is 3. The van der Waals surface area contributed by atoms with Crippen molar-refractivity contribution >= 4 is 18.3 Å². The molecule has 16 heavy (non-hydrogen) atoms. The summed E-state index contributed by atoms with van der Waals surface area (Å²) in [5.74, 6) is 0.0923. The van der Waals surface area contributed by atoms with Crippen LogP contribution in [0.4, 0.5) is 0 Å². The zero-order valence-electron chi connectivity index (χ0n) is 10.2. The fourth-order valence-corrected chi connectivity index (χ4v) is 1.71. The Morgan fingerprint density at radius 2 is 2.06 bits per heavy atom. The summed E-state index contributed by atoms with van der Waals surface area (Å²) in [6.07, 6.45) is 2.27. The summed E-state index contributed by atoms with van der Waals surface area (Å²) in [6.45, 7) is 6.67. The van der Waals surface area contributed by atoms with Crippen LogP contribution >= 0.6 is 12.4 Å². The molecule has 3 N–H and O–H groups in total. The van der Waals surface area contributed by atoms with Gasteiger partial charge >= 0.3 is 0 Å². The van der Waals surface area contributed by atoms with E-state index in [9.17, 15) is 4.79 Å². The molecule has 1 saturated heterocycles. The maximum absolute atomic E-state index is 11.7. The predicted octanol–water partition coefficient (Wildman–Crippen LogP) is 1.08. The van der Waals surface area contributed by atoms with Gasteiger partial charge in [0.1, 0.15) is 0 Å². The number of hydrogen-bond donors (Lipinski definition) is 2. The van der Waals surface area contributed by atoms with Crippen LogP contribution in [0.15, 0.2) is 0 Å². The highest BCUT2D eigenvalue weighted by molar-refractivity contribution is 5.85. The fourth-order valence-electron chi connectivity index (χ4n) is 1.71. The first-order chi connectivity index (χ1) is 7.02. The summed E-state index contributed by atoms with van der Waals surface area (Å²) in [7, 11) is 0. The summed E-state index contributed by atoms with van der Waals surface area (Å²) in [5.41, 5.74) is 5.75. The van der Waals surface area contributed by atoms with Crippen molar-refractivity contribution in [1.82, 2.24) is 5.32 Å². The standard InChI is InChI=1S/C11H22N2O2.ClH/c1-7(2)10(12)11(14)13-8(3)9-5-4-6-15-9;/h7-10H,4-6,12H2,1-3H3,(H,13,14);1H. The Morgan fingerprint density at radius 3 is 2.50 bits per heavy atom. The first-order valence-electron chi connectivity index (χ1n) is 5.70. The van der Waals surface area contributed by atoms with Gasteiger partial charge in [0.25, 0.3) is 0 Å². The zero-order chi connectivity index (χ0) is 11.4. The van der Waals surface area contributed by atoms with Crippen molar-refractivity contribution in [2.24, 2.45) is 11.7 Å². The van der Waals surface area contributed by atoms with Gasteiger partial charge in [-0.15, -0.1) is 12.4 Å². The molecule has 0 saturated carbocycles. The molecule has 0 aromatic rings. The third kappa shape index (κ3) is 4.28. The molecule has 3 atom stereocenters. The van der Waals surface area contributed by atoms with E-state index in [-0.39, 0.29) is 36.4 Å². The van der Waals surface area contributed by atoms with Gasteiger partial charge in [0.05, 0.1) is 18.2 Å². The molecular formula is C11H23ClN2O2. The third-order valence-electron chi connectivity index (χ3n) is 2.91. The second-order valence-corrected chi connectivity index (χ2v) is 4.62. The van der Waals surface area contributed by atoms with Gasteiger partial charge in [-0.05, 0) is 25.7 Å². The van der Waals surface area contributed by atoms with Gasteiger partial charge in [-0.1, -0.05) is 13.8 Å². The topological polar surface area (TPSA) is 64.4 Å². The first-order valence-corrected chi connectivity index (χ1v) is 5.70. The zero-order valence-corrected chi connectivity index (χ0v) is 11.0. The SMILES string of the molecule is CC(C)C(N)C(=O)NC(C)C1CCCO1.Cl. The maximum atomic E-state index is 11.7. The second kappa shape index (κ2) is 7.09. The molecule has 0 aromatic carbocycles. The number of amides is 1. The molecule has 1 fully saturated rings. The van der Waals surface area contributed by atoms with Crippen LogP contribution in [0, 0.1) is 5.92 Å². The molecule has 0 aliphatic carbocycles. The van der Waals surface area contributed by atoms with E-state index >= 15 is 0 Å². The number of carbonyl (C=O) groups is 1. The van der Waals surface area contributed by atoms with Crippen molar-refractivity contribution in [3.8, 4) is 0 Å². The molecule has 0 bridgehead atoms. The highest BCUT2D eigenvalue weighted by atomic mass is 35.5. The molecule has 0 aromatic heterocycles. The molecule has 1 heterocycles. The Labute approximate surface area is 104 Å². The molecule has 1 aliphatic rings. The highest BCUT2D eigenvalue weighted by Crippen LogP contribution is 2.15. The summed E-state index contributed by atoms with van der Waals surface area (Å²) >= 11 is 0. The van der Waals surface area contributed by atoms with Crippen molar-refractivity contribution in [3.63, 3.8) is 0 Å². The van der Waals surface area contributed by atoms with Crippen LogP contribution in [-0.2, 0) is 9.53 Å². The molecule has 1 amide bonds. The van der Waals surface area contributed by atoms with Crippen LogP contribution in [0.1, 0.15) is 33.6 Å². The highest BCUT2D eigenvalue weighted by Gasteiger charge is 2.26. The molecule has 0 spiro atoms. The number of halogens is 1. The molecule has 0 radical (unpaired) electrons. The molecule has 5 heteroatoms. The monoisotopic (exact) mass is 250 g/mol. The second-order valence-electron chi connectivity index (χ2n) is 4.62. The van der Waals surface area contributed by atoms with Crippen molar-refractivity contribution in [3.05, 3.63) is 0 Å². The van der Waals surface area contributed by atoms with E-state index in [1.54, 1.807) is 0 Å². The minimum absolute atomic E-state index is 0. The van der Waals surface area contributed by atoms with Gasteiger partial charge in [0.2, 0.25) is 5.91 Å². The van der Waals surface area contributed by atoms with Crippen LogP contribution in [0.25, 0.3) is 0 Å². The van der Waals surface area contributed by atoms with Gasteiger partial charge < -0.3 is 15.8 Å². The summed E-state index contributed by atoms with van der Waals surface area (Å²) < 4.78 is 5.50. The molecule has 1 rings (SSSR count). The van der Waals surface area contributed by atoms with E-state index < -0.39 is 6.04 Å². The van der Waals surface area contributed by atoms with Crippen LogP contribution in [0.5, 0.6) is 0 Å². The van der Waals surface area contributed by atoms with Crippen LogP contribution in [-0.4, -0.2) is 30.7 Å². The number of nitrogens with one attached hydrogen (secondary N) is 1. The van der Waals surface area contributed by atoms with Crippen molar-refractivity contribution in [2.75, 3.05) is 6.61 Å². The van der Waals surface area contributed by atoms with E-state index in [0.29, 0.717) is 0 Å². The lowest BCUT2D eigenvalue weighted by Crippen LogP contribution is -2.50. The van der Waals surface area contributed by atoms with E-state index in [1.165, 1.54) is 0 Å². The summed E-state index contributed by atoms with van der Waals surface area (Å²) in [5, 5.41) is 2.91. The van der Waals surface area contributed by atoms with Gasteiger partial charge in [0.15, 0.2) is 0 Å². The number of carbonyl (C=O) groups excluding carboxylic acids is 1. The predicted molar refractivity (Wildman–Crippen MR) is 66.6 cm³/mol. The van der Waals surface area contributed by atoms with Crippen LogP contribution < -0.4 is 11.1 Å². The Balaban J connectivity index is 0.00000225. The van der Waals surface area contributed by atoms with E-state index in [1.807, 2.05) is 20.8 Å². The lowest BCUT2D eigenvalue weighted by Gasteiger charge is -2.23. The Kier molecular flexibility index (Phi) is 6.95. The van der Waals surface area contributed by atoms with Crippen molar-refractivity contribution in [2.45, 2.75) is 51.8 Å². The van der Waals surface area contributed by atoms with Crippen LogP contribution in [0.3, 0.4) is 0 Å². The summed E-state index contributed by atoms with van der Waals surface area (Å²) in [6, 6.07) is -0.362. The fraction of sp³-hybridized carbons (Fsp3) is 0.909. The van der Waals surface area contributed by atoms with Gasteiger partial charge in [-0.3, -0.25) is 4.79 Å². The molecule has 3 unspecified atom stereocenters. The summed E-state index contributed by atoms with van der Waals surface area (Å²) in [4.78, 5) is 11.7. The lowest BCUT2D eigenvalue weighted by molar-refractivity contribution is -0.124. The number of rotatable bonds is 4. The van der Waals surface area contributed by atoms with Crippen molar-refractivity contribution < 1.29 is 9.53 Å². The largest absolute Gasteiger partial charge is 0.376 e. The Bertz CT molecular complexity index is 218. The Morgan fingerprint density at radius 1 is 1.44 bits per heavy atom. The number of nitrogens with two attached hydrogens (primary N) is 1. The van der Waals surface area contributed by atoms with Gasteiger partial charge in [0, 0.05) is 6.61 Å². The molecular weight excluding hydrogens is 228 g/mol. The first kappa shape index (κ1) is 15.7. The van der Waals surface area contributed by atoms with E-state index in [2.05, 4.69) is 5.32 Å². The van der Waals surface area contributed by atoms with Gasteiger partial charge in [-0.25, -0.2) is 0 Å². The quantitative estimate of drug-likeness (QED) is 0.785. The smallest absolute Gasteiger partial charge is 0.237 e. The molecule has 96 valence electrons. The van der Waals surface area contributed by atoms with Crippen molar-refractivity contribution in [1.29, 1.82) is 0 Å². The lowest BCUT2D eigenvalue weighted by atomic mass is 10.0.